The van der Waals surface area contributed by atoms with Gasteiger partial charge in [0, 0.05) is 6.04 Å². The summed E-state index contributed by atoms with van der Waals surface area (Å²) in [4.78, 5) is 15.3. The molecule has 3 heteroatoms. The zero-order chi connectivity index (χ0) is 15.6. The molecular formula is C18H34N2O. The van der Waals surface area contributed by atoms with Crippen molar-refractivity contribution in [2.45, 2.75) is 97.3 Å². The average Bonchev–Trinajstić information content (AvgIpc) is 2.75. The topological polar surface area (TPSA) is 32.3 Å². The van der Waals surface area contributed by atoms with E-state index >= 15 is 0 Å². The summed E-state index contributed by atoms with van der Waals surface area (Å²) in [6, 6.07) is 0.422. The number of rotatable bonds is 5. The first-order chi connectivity index (χ1) is 9.94. The van der Waals surface area contributed by atoms with Gasteiger partial charge in [-0.25, -0.2) is 0 Å². The molecule has 0 aromatic heterocycles. The molecule has 3 nitrogen and oxygen atoms in total. The van der Waals surface area contributed by atoms with E-state index in [-0.39, 0.29) is 11.7 Å². The molecule has 1 heterocycles. The van der Waals surface area contributed by atoms with Gasteiger partial charge in [-0.1, -0.05) is 47.0 Å². The van der Waals surface area contributed by atoms with E-state index in [0.29, 0.717) is 23.8 Å². The van der Waals surface area contributed by atoms with E-state index in [2.05, 4.69) is 44.8 Å². The Labute approximate surface area is 130 Å². The summed E-state index contributed by atoms with van der Waals surface area (Å²) < 4.78 is 0. The van der Waals surface area contributed by atoms with Gasteiger partial charge < -0.3 is 4.90 Å². The SMILES string of the molecule is CCC(C1CCCCC1)N1C(=O)C(C)(CC)NC1C(C)C. The molecule has 0 aromatic rings. The Balaban J connectivity index is 2.25. The van der Waals surface area contributed by atoms with Gasteiger partial charge in [-0.2, -0.15) is 0 Å². The molecule has 0 bridgehead atoms. The molecule has 0 aromatic carbocycles. The minimum atomic E-state index is -0.364. The van der Waals surface area contributed by atoms with Crippen LogP contribution in [0.15, 0.2) is 0 Å². The van der Waals surface area contributed by atoms with E-state index in [1.807, 2.05) is 0 Å². The number of hydrogen-bond donors (Lipinski definition) is 1. The first-order valence-electron chi connectivity index (χ1n) is 9.05. The van der Waals surface area contributed by atoms with E-state index in [1.54, 1.807) is 0 Å². The van der Waals surface area contributed by atoms with Gasteiger partial charge in [0.05, 0.1) is 11.7 Å². The van der Waals surface area contributed by atoms with Crippen LogP contribution in [0.1, 0.15) is 79.6 Å². The van der Waals surface area contributed by atoms with Crippen LogP contribution in [0.25, 0.3) is 0 Å². The molecule has 2 rings (SSSR count). The standard InChI is InChI=1S/C18H34N2O/c1-6-15(14-11-9-8-10-12-14)20-16(13(3)4)19-18(5,7-2)17(20)21/h13-16,19H,6-12H2,1-5H3. The normalized spacial score (nSPS) is 33.0. The van der Waals surface area contributed by atoms with Gasteiger partial charge in [-0.15, -0.1) is 0 Å². The van der Waals surface area contributed by atoms with E-state index < -0.39 is 0 Å². The number of amides is 1. The lowest BCUT2D eigenvalue weighted by Gasteiger charge is -2.40. The summed E-state index contributed by atoms with van der Waals surface area (Å²) >= 11 is 0. The highest BCUT2D eigenvalue weighted by molar-refractivity contribution is 5.88. The molecule has 2 fully saturated rings. The molecule has 1 saturated heterocycles. The fourth-order valence-corrected chi connectivity index (χ4v) is 4.24. The number of hydrogen-bond acceptors (Lipinski definition) is 2. The third-order valence-corrected chi connectivity index (χ3v) is 5.78. The largest absolute Gasteiger partial charge is 0.322 e. The lowest BCUT2D eigenvalue weighted by molar-refractivity contribution is -0.137. The average molecular weight is 294 g/mol. The molecule has 2 aliphatic rings. The fraction of sp³-hybridized carbons (Fsp3) is 0.944. The molecule has 0 radical (unpaired) electrons. The summed E-state index contributed by atoms with van der Waals surface area (Å²) in [7, 11) is 0. The third-order valence-electron chi connectivity index (χ3n) is 5.78. The van der Waals surface area contributed by atoms with Crippen LogP contribution in [-0.4, -0.2) is 28.6 Å². The molecule has 1 amide bonds. The fourth-order valence-electron chi connectivity index (χ4n) is 4.24. The molecule has 1 N–H and O–H groups in total. The molecule has 122 valence electrons. The summed E-state index contributed by atoms with van der Waals surface area (Å²) in [6.07, 6.45) is 8.82. The summed E-state index contributed by atoms with van der Waals surface area (Å²) in [5, 5.41) is 3.65. The van der Waals surface area contributed by atoms with E-state index in [9.17, 15) is 4.79 Å². The Bertz CT molecular complexity index is 362. The lowest BCUT2D eigenvalue weighted by Crippen LogP contribution is -2.50. The zero-order valence-electron chi connectivity index (χ0n) is 14.6. The number of carbonyl (C=O) groups is 1. The molecular weight excluding hydrogens is 260 g/mol. The number of nitrogens with zero attached hydrogens (tertiary/aromatic N) is 1. The van der Waals surface area contributed by atoms with Crippen molar-refractivity contribution >= 4 is 5.91 Å². The molecule has 3 unspecified atom stereocenters. The monoisotopic (exact) mass is 294 g/mol. The predicted molar refractivity (Wildman–Crippen MR) is 88.0 cm³/mol. The Morgan fingerprint density at radius 3 is 2.33 bits per heavy atom. The molecule has 3 atom stereocenters. The molecule has 1 aliphatic carbocycles. The van der Waals surface area contributed by atoms with Gasteiger partial charge in [0.1, 0.15) is 0 Å². The van der Waals surface area contributed by atoms with E-state index in [1.165, 1.54) is 32.1 Å². The maximum atomic E-state index is 13.1. The van der Waals surface area contributed by atoms with Crippen molar-refractivity contribution < 1.29 is 4.79 Å². The van der Waals surface area contributed by atoms with Crippen molar-refractivity contribution in [3.8, 4) is 0 Å². The van der Waals surface area contributed by atoms with Gasteiger partial charge in [0.15, 0.2) is 0 Å². The van der Waals surface area contributed by atoms with Gasteiger partial charge in [-0.3, -0.25) is 10.1 Å². The number of nitrogens with one attached hydrogen (secondary N) is 1. The van der Waals surface area contributed by atoms with Crippen LogP contribution < -0.4 is 5.32 Å². The minimum Gasteiger partial charge on any atom is -0.322 e. The zero-order valence-corrected chi connectivity index (χ0v) is 14.6. The highest BCUT2D eigenvalue weighted by atomic mass is 16.2. The summed E-state index contributed by atoms with van der Waals surface area (Å²) in [5.41, 5.74) is -0.364. The Morgan fingerprint density at radius 1 is 1.24 bits per heavy atom. The first-order valence-corrected chi connectivity index (χ1v) is 9.05. The third kappa shape index (κ3) is 3.13. The van der Waals surface area contributed by atoms with Crippen molar-refractivity contribution in [2.24, 2.45) is 11.8 Å². The predicted octanol–water partition coefficient (Wildman–Crippen LogP) is 3.93. The van der Waals surface area contributed by atoms with Gasteiger partial charge in [0.2, 0.25) is 5.91 Å². The van der Waals surface area contributed by atoms with Crippen LogP contribution in [0.3, 0.4) is 0 Å². The van der Waals surface area contributed by atoms with Crippen molar-refractivity contribution in [2.75, 3.05) is 0 Å². The molecule has 21 heavy (non-hydrogen) atoms. The Hall–Kier alpha value is -0.570. The second-order valence-corrected chi connectivity index (χ2v) is 7.60. The Morgan fingerprint density at radius 2 is 1.86 bits per heavy atom. The van der Waals surface area contributed by atoms with Gasteiger partial charge >= 0.3 is 0 Å². The quantitative estimate of drug-likeness (QED) is 0.833. The van der Waals surface area contributed by atoms with Crippen LogP contribution in [-0.2, 0) is 4.79 Å². The first kappa shape index (κ1) is 16.8. The van der Waals surface area contributed by atoms with Gasteiger partial charge in [-0.05, 0) is 44.4 Å². The summed E-state index contributed by atoms with van der Waals surface area (Å²) in [6.45, 7) is 10.9. The lowest BCUT2D eigenvalue weighted by atomic mass is 9.81. The second-order valence-electron chi connectivity index (χ2n) is 7.60. The van der Waals surface area contributed by atoms with Crippen molar-refractivity contribution in [3.63, 3.8) is 0 Å². The van der Waals surface area contributed by atoms with Crippen molar-refractivity contribution in [3.05, 3.63) is 0 Å². The van der Waals surface area contributed by atoms with Crippen LogP contribution in [0, 0.1) is 11.8 Å². The highest BCUT2D eigenvalue weighted by Gasteiger charge is 2.50. The minimum absolute atomic E-state index is 0.203. The van der Waals surface area contributed by atoms with E-state index in [4.69, 9.17) is 0 Å². The Kier molecular flexibility index (Phi) is 5.34. The smallest absolute Gasteiger partial charge is 0.244 e. The van der Waals surface area contributed by atoms with E-state index in [0.717, 1.165) is 12.8 Å². The number of carbonyl (C=O) groups excluding carboxylic acids is 1. The van der Waals surface area contributed by atoms with Crippen molar-refractivity contribution in [1.29, 1.82) is 0 Å². The maximum Gasteiger partial charge on any atom is 0.244 e. The maximum absolute atomic E-state index is 13.1. The molecule has 1 aliphatic heterocycles. The second kappa shape index (κ2) is 6.68. The molecule has 1 saturated carbocycles. The van der Waals surface area contributed by atoms with Crippen LogP contribution in [0.4, 0.5) is 0 Å². The summed E-state index contributed by atoms with van der Waals surface area (Å²) in [5.74, 6) is 1.50. The molecule has 0 spiro atoms. The van der Waals surface area contributed by atoms with Crippen molar-refractivity contribution in [1.82, 2.24) is 10.2 Å². The van der Waals surface area contributed by atoms with Gasteiger partial charge in [0.25, 0.3) is 0 Å². The van der Waals surface area contributed by atoms with Crippen LogP contribution in [0.2, 0.25) is 0 Å². The van der Waals surface area contributed by atoms with Crippen LogP contribution in [0.5, 0.6) is 0 Å². The highest BCUT2D eigenvalue weighted by Crippen LogP contribution is 2.36. The van der Waals surface area contributed by atoms with Crippen LogP contribution >= 0.6 is 0 Å².